The molecule has 104 valence electrons. The second-order valence-corrected chi connectivity index (χ2v) is 6.43. The Bertz CT molecular complexity index is 654. The van der Waals surface area contributed by atoms with E-state index in [1.54, 1.807) is 12.3 Å². The molecule has 0 radical (unpaired) electrons. The number of hydrogen-bond donors (Lipinski definition) is 1. The molecule has 0 spiro atoms. The number of aromatic hydroxyl groups is 1. The third-order valence-corrected chi connectivity index (χ3v) is 5.12. The summed E-state index contributed by atoms with van der Waals surface area (Å²) in [6, 6.07) is 9.25. The molecule has 0 bridgehead atoms. The van der Waals surface area contributed by atoms with Crippen LogP contribution in [0.1, 0.15) is 5.56 Å². The van der Waals surface area contributed by atoms with Crippen molar-refractivity contribution in [2.45, 2.75) is 0 Å². The Balaban J connectivity index is 2.42. The fourth-order valence-electron chi connectivity index (χ4n) is 1.55. The van der Waals surface area contributed by atoms with Crippen LogP contribution in [-0.4, -0.2) is 18.4 Å². The van der Waals surface area contributed by atoms with E-state index in [2.05, 4.69) is 52.8 Å². The molecule has 0 amide bonds. The first-order chi connectivity index (χ1) is 9.52. The zero-order valence-electron chi connectivity index (χ0n) is 10.4. The van der Waals surface area contributed by atoms with Gasteiger partial charge < -0.3 is 9.84 Å². The van der Waals surface area contributed by atoms with Crippen LogP contribution in [0.3, 0.4) is 0 Å². The number of phenols is 1. The van der Waals surface area contributed by atoms with E-state index in [-0.39, 0.29) is 5.75 Å². The highest BCUT2D eigenvalue weighted by atomic mass is 79.9. The van der Waals surface area contributed by atoms with Crippen LogP contribution < -0.4 is 4.74 Å². The van der Waals surface area contributed by atoms with Gasteiger partial charge >= 0.3 is 0 Å². The van der Waals surface area contributed by atoms with Crippen LogP contribution in [0.25, 0.3) is 0 Å². The minimum absolute atomic E-state index is 0.0448. The Labute approximate surface area is 142 Å². The van der Waals surface area contributed by atoms with E-state index < -0.39 is 0 Å². The van der Waals surface area contributed by atoms with Gasteiger partial charge in [-0.2, -0.15) is 0 Å². The number of ether oxygens (including phenoxy) is 1. The van der Waals surface area contributed by atoms with Gasteiger partial charge in [-0.1, -0.05) is 15.9 Å². The van der Waals surface area contributed by atoms with E-state index in [4.69, 9.17) is 4.74 Å². The maximum absolute atomic E-state index is 10.1. The Morgan fingerprint density at radius 2 is 1.80 bits per heavy atom. The molecular weight excluding hydrogens is 454 g/mol. The average Bonchev–Trinajstić information content (AvgIpc) is 2.44. The fraction of sp³-hybridized carbons (Fsp3) is 0.0714. The summed E-state index contributed by atoms with van der Waals surface area (Å²) >= 11 is 10.2. The van der Waals surface area contributed by atoms with Gasteiger partial charge in [0.05, 0.1) is 18.4 Å². The number of benzene rings is 2. The number of methoxy groups -OCH3 is 1. The maximum Gasteiger partial charge on any atom is 0.167 e. The molecule has 6 heteroatoms. The smallest absolute Gasteiger partial charge is 0.167 e. The molecule has 0 saturated carbocycles. The van der Waals surface area contributed by atoms with Crippen molar-refractivity contribution in [2.75, 3.05) is 7.11 Å². The SMILES string of the molecule is COc1cc(Br)c(Br)c(C=Nc2ccc(Br)cc2)c1O. The lowest BCUT2D eigenvalue weighted by atomic mass is 10.2. The normalized spacial score (nSPS) is 11.0. The Morgan fingerprint density at radius 1 is 1.15 bits per heavy atom. The standard InChI is InChI=1S/C14H10Br3NO2/c1-20-12-6-11(16)13(17)10(14(12)19)7-18-9-4-2-8(15)3-5-9/h2-7,19H,1H3. The van der Waals surface area contributed by atoms with E-state index in [0.717, 1.165) is 19.1 Å². The number of halogens is 3. The summed E-state index contributed by atoms with van der Waals surface area (Å²) in [6.07, 6.45) is 1.59. The van der Waals surface area contributed by atoms with Gasteiger partial charge in [0.2, 0.25) is 0 Å². The summed E-state index contributed by atoms with van der Waals surface area (Å²) in [5.74, 6) is 0.431. The van der Waals surface area contributed by atoms with E-state index in [0.29, 0.717) is 11.3 Å². The Kier molecular flexibility index (Phi) is 5.23. The van der Waals surface area contributed by atoms with Crippen LogP contribution in [0.15, 0.2) is 48.7 Å². The molecule has 0 aliphatic rings. The molecule has 0 aliphatic carbocycles. The molecule has 0 unspecified atom stereocenters. The zero-order chi connectivity index (χ0) is 14.7. The third-order valence-electron chi connectivity index (χ3n) is 2.58. The quantitative estimate of drug-likeness (QED) is 0.616. The molecule has 0 aromatic heterocycles. The lowest BCUT2D eigenvalue weighted by Gasteiger charge is -2.09. The molecule has 0 aliphatic heterocycles. The summed E-state index contributed by atoms with van der Waals surface area (Å²) in [7, 11) is 1.51. The van der Waals surface area contributed by atoms with Gasteiger partial charge in [-0.25, -0.2) is 0 Å². The summed E-state index contributed by atoms with van der Waals surface area (Å²) in [5, 5.41) is 10.1. The molecule has 2 rings (SSSR count). The number of rotatable bonds is 3. The zero-order valence-corrected chi connectivity index (χ0v) is 15.2. The van der Waals surface area contributed by atoms with Crippen molar-refractivity contribution in [2.24, 2.45) is 4.99 Å². The van der Waals surface area contributed by atoms with Crippen LogP contribution >= 0.6 is 47.8 Å². The van der Waals surface area contributed by atoms with Gasteiger partial charge in [0.25, 0.3) is 0 Å². The molecule has 0 fully saturated rings. The molecule has 1 N–H and O–H groups in total. The van der Waals surface area contributed by atoms with Crippen LogP contribution in [-0.2, 0) is 0 Å². The molecule has 0 atom stereocenters. The molecule has 20 heavy (non-hydrogen) atoms. The van der Waals surface area contributed by atoms with Gasteiger partial charge in [-0.3, -0.25) is 4.99 Å². The van der Waals surface area contributed by atoms with E-state index >= 15 is 0 Å². The predicted molar refractivity (Wildman–Crippen MR) is 91.5 cm³/mol. The fourth-order valence-corrected chi connectivity index (χ4v) is 2.64. The minimum atomic E-state index is 0.0448. The number of phenolic OH excluding ortho intramolecular Hbond substituents is 1. The lowest BCUT2D eigenvalue weighted by Crippen LogP contribution is -1.91. The third kappa shape index (κ3) is 3.42. The van der Waals surface area contributed by atoms with E-state index in [1.807, 2.05) is 24.3 Å². The highest BCUT2D eigenvalue weighted by Gasteiger charge is 2.14. The van der Waals surface area contributed by atoms with Gasteiger partial charge in [-0.15, -0.1) is 0 Å². The van der Waals surface area contributed by atoms with Crippen LogP contribution in [0.2, 0.25) is 0 Å². The second-order valence-electron chi connectivity index (χ2n) is 3.87. The largest absolute Gasteiger partial charge is 0.504 e. The molecule has 2 aromatic carbocycles. The molecular formula is C14H10Br3NO2. The van der Waals surface area contributed by atoms with Gasteiger partial charge in [0.1, 0.15) is 0 Å². The van der Waals surface area contributed by atoms with Crippen molar-refractivity contribution in [1.82, 2.24) is 0 Å². The number of aliphatic imine (C=N–C) groups is 1. The Hall–Kier alpha value is -0.850. The number of hydrogen-bond acceptors (Lipinski definition) is 3. The molecule has 3 nitrogen and oxygen atoms in total. The lowest BCUT2D eigenvalue weighted by molar-refractivity contribution is 0.372. The highest BCUT2D eigenvalue weighted by molar-refractivity contribution is 9.13. The van der Waals surface area contributed by atoms with Crippen molar-refractivity contribution in [3.63, 3.8) is 0 Å². The van der Waals surface area contributed by atoms with Gasteiger partial charge in [0, 0.05) is 19.6 Å². The first-order valence-corrected chi connectivity index (χ1v) is 7.95. The topological polar surface area (TPSA) is 41.8 Å². The van der Waals surface area contributed by atoms with Crippen LogP contribution in [0.4, 0.5) is 5.69 Å². The highest BCUT2D eigenvalue weighted by Crippen LogP contribution is 2.39. The Morgan fingerprint density at radius 3 is 2.40 bits per heavy atom. The first kappa shape index (κ1) is 15.5. The molecule has 0 heterocycles. The molecule has 0 saturated heterocycles. The summed E-state index contributed by atoms with van der Waals surface area (Å²) in [6.45, 7) is 0. The van der Waals surface area contributed by atoms with Crippen molar-refractivity contribution in [3.05, 3.63) is 49.3 Å². The van der Waals surface area contributed by atoms with Crippen molar-refractivity contribution < 1.29 is 9.84 Å². The van der Waals surface area contributed by atoms with Crippen LogP contribution in [0, 0.1) is 0 Å². The van der Waals surface area contributed by atoms with Gasteiger partial charge in [0.15, 0.2) is 11.5 Å². The summed E-state index contributed by atoms with van der Waals surface area (Å²) in [5.41, 5.74) is 1.34. The second kappa shape index (κ2) is 6.74. The maximum atomic E-state index is 10.1. The summed E-state index contributed by atoms with van der Waals surface area (Å²) in [4.78, 5) is 4.34. The monoisotopic (exact) mass is 461 g/mol. The van der Waals surface area contributed by atoms with Crippen LogP contribution in [0.5, 0.6) is 11.5 Å². The first-order valence-electron chi connectivity index (χ1n) is 5.57. The van der Waals surface area contributed by atoms with Crippen molar-refractivity contribution in [1.29, 1.82) is 0 Å². The van der Waals surface area contributed by atoms with Crippen molar-refractivity contribution in [3.8, 4) is 11.5 Å². The van der Waals surface area contributed by atoms with Crippen molar-refractivity contribution >= 4 is 59.7 Å². The minimum Gasteiger partial charge on any atom is -0.504 e. The molecule has 2 aromatic rings. The van der Waals surface area contributed by atoms with E-state index in [1.165, 1.54) is 7.11 Å². The summed E-state index contributed by atoms with van der Waals surface area (Å²) < 4.78 is 7.61. The van der Waals surface area contributed by atoms with Gasteiger partial charge in [-0.05, 0) is 62.2 Å². The predicted octanol–water partition coefficient (Wildman–Crippen LogP) is 5.44. The number of nitrogens with zero attached hydrogens (tertiary/aromatic N) is 1. The van der Waals surface area contributed by atoms with E-state index in [9.17, 15) is 5.11 Å². The average molecular weight is 464 g/mol.